The number of thioether (sulfide) groups is 1. The summed E-state index contributed by atoms with van der Waals surface area (Å²) in [4.78, 5) is 12.8. The summed E-state index contributed by atoms with van der Waals surface area (Å²) in [5, 5.41) is 14.1. The van der Waals surface area contributed by atoms with Crippen molar-refractivity contribution in [2.45, 2.75) is 6.92 Å². The summed E-state index contributed by atoms with van der Waals surface area (Å²) in [6.45, 7) is 6.06. The second-order valence-electron chi connectivity index (χ2n) is 4.64. The lowest BCUT2D eigenvalue weighted by molar-refractivity contribution is -0.384. The molecule has 0 amide bonds. The second-order valence-corrected chi connectivity index (χ2v) is 5.86. The molecule has 1 saturated heterocycles. The zero-order valence-corrected chi connectivity index (χ0v) is 11.9. The Kier molecular flexibility index (Phi) is 5.04. The first-order valence-electron chi connectivity index (χ1n) is 6.46. The molecule has 2 rings (SSSR count). The van der Waals surface area contributed by atoms with E-state index in [2.05, 4.69) is 10.2 Å². The average Bonchev–Trinajstić information content (AvgIpc) is 2.42. The summed E-state index contributed by atoms with van der Waals surface area (Å²) in [7, 11) is 0. The van der Waals surface area contributed by atoms with Crippen LogP contribution in [0.3, 0.4) is 0 Å². The third-order valence-electron chi connectivity index (χ3n) is 3.28. The van der Waals surface area contributed by atoms with Crippen LogP contribution in [0.25, 0.3) is 0 Å². The lowest BCUT2D eigenvalue weighted by Crippen LogP contribution is -2.36. The molecular weight excluding hydrogens is 262 g/mol. The predicted molar refractivity (Wildman–Crippen MR) is 80.1 cm³/mol. The minimum absolute atomic E-state index is 0.141. The maximum absolute atomic E-state index is 10.8. The van der Waals surface area contributed by atoms with Crippen LogP contribution in [0.15, 0.2) is 18.2 Å². The fourth-order valence-electron chi connectivity index (χ4n) is 2.09. The summed E-state index contributed by atoms with van der Waals surface area (Å²) >= 11 is 2.00. The van der Waals surface area contributed by atoms with E-state index >= 15 is 0 Å². The second kappa shape index (κ2) is 6.77. The highest BCUT2D eigenvalue weighted by molar-refractivity contribution is 7.99. The monoisotopic (exact) mass is 281 g/mol. The van der Waals surface area contributed by atoms with E-state index in [0.29, 0.717) is 0 Å². The van der Waals surface area contributed by atoms with E-state index in [9.17, 15) is 10.1 Å². The molecule has 0 aromatic heterocycles. The fourth-order valence-corrected chi connectivity index (χ4v) is 3.07. The van der Waals surface area contributed by atoms with Crippen molar-refractivity contribution in [2.75, 3.05) is 43.0 Å². The molecule has 0 spiro atoms. The molecule has 0 radical (unpaired) electrons. The number of anilines is 1. The molecular formula is C13H19N3O2S. The quantitative estimate of drug-likeness (QED) is 0.663. The Morgan fingerprint density at radius 2 is 2.16 bits per heavy atom. The van der Waals surface area contributed by atoms with Gasteiger partial charge in [0.15, 0.2) is 0 Å². The van der Waals surface area contributed by atoms with Crippen LogP contribution in [-0.4, -0.2) is 47.5 Å². The SMILES string of the molecule is Cc1ccc([N+](=O)[O-])cc1NCCN1CCSCC1. The van der Waals surface area contributed by atoms with E-state index < -0.39 is 0 Å². The molecule has 0 atom stereocenters. The average molecular weight is 281 g/mol. The topological polar surface area (TPSA) is 58.4 Å². The number of non-ortho nitro benzene ring substituents is 1. The van der Waals surface area contributed by atoms with Gasteiger partial charge in [-0.3, -0.25) is 15.0 Å². The molecule has 1 aliphatic rings. The van der Waals surface area contributed by atoms with Crippen LogP contribution in [-0.2, 0) is 0 Å². The van der Waals surface area contributed by atoms with Crippen molar-refractivity contribution in [3.63, 3.8) is 0 Å². The molecule has 0 unspecified atom stereocenters. The van der Waals surface area contributed by atoms with Crippen LogP contribution < -0.4 is 5.32 Å². The molecule has 1 aromatic rings. The molecule has 1 aliphatic heterocycles. The van der Waals surface area contributed by atoms with Gasteiger partial charge in [0, 0.05) is 55.5 Å². The van der Waals surface area contributed by atoms with E-state index in [1.165, 1.54) is 11.5 Å². The minimum atomic E-state index is -0.355. The van der Waals surface area contributed by atoms with E-state index in [4.69, 9.17) is 0 Å². The molecule has 0 saturated carbocycles. The fraction of sp³-hybridized carbons (Fsp3) is 0.538. The van der Waals surface area contributed by atoms with E-state index in [1.54, 1.807) is 18.2 Å². The number of benzene rings is 1. The zero-order chi connectivity index (χ0) is 13.7. The van der Waals surface area contributed by atoms with Crippen molar-refractivity contribution in [1.82, 2.24) is 4.90 Å². The van der Waals surface area contributed by atoms with Gasteiger partial charge in [-0.05, 0) is 12.5 Å². The van der Waals surface area contributed by atoms with Crippen LogP contribution in [0.2, 0.25) is 0 Å². The van der Waals surface area contributed by atoms with Crippen LogP contribution in [0.1, 0.15) is 5.56 Å². The molecule has 6 heteroatoms. The van der Waals surface area contributed by atoms with Crippen molar-refractivity contribution < 1.29 is 4.92 Å². The van der Waals surface area contributed by atoms with Crippen LogP contribution >= 0.6 is 11.8 Å². The highest BCUT2D eigenvalue weighted by Gasteiger charge is 2.11. The molecule has 1 heterocycles. The van der Waals surface area contributed by atoms with Gasteiger partial charge in [-0.25, -0.2) is 0 Å². The summed E-state index contributed by atoms with van der Waals surface area (Å²) in [5.41, 5.74) is 2.04. The minimum Gasteiger partial charge on any atom is -0.383 e. The summed E-state index contributed by atoms with van der Waals surface area (Å²) < 4.78 is 0. The Bertz CT molecular complexity index is 448. The number of rotatable bonds is 5. The molecule has 5 nitrogen and oxygen atoms in total. The number of nitrogens with zero attached hydrogens (tertiary/aromatic N) is 2. The molecule has 104 valence electrons. The highest BCUT2D eigenvalue weighted by Crippen LogP contribution is 2.21. The van der Waals surface area contributed by atoms with Crippen molar-refractivity contribution in [1.29, 1.82) is 0 Å². The summed E-state index contributed by atoms with van der Waals surface area (Å²) in [6, 6.07) is 4.95. The number of hydrogen-bond acceptors (Lipinski definition) is 5. The molecule has 1 fully saturated rings. The first-order valence-corrected chi connectivity index (χ1v) is 7.61. The van der Waals surface area contributed by atoms with Crippen LogP contribution in [0, 0.1) is 17.0 Å². The number of nitro benzene ring substituents is 1. The normalized spacial score (nSPS) is 16.3. The smallest absolute Gasteiger partial charge is 0.271 e. The van der Waals surface area contributed by atoms with Gasteiger partial charge in [0.2, 0.25) is 0 Å². The van der Waals surface area contributed by atoms with Gasteiger partial charge in [-0.1, -0.05) is 6.07 Å². The third-order valence-corrected chi connectivity index (χ3v) is 4.22. The first-order chi connectivity index (χ1) is 9.16. The van der Waals surface area contributed by atoms with Gasteiger partial charge in [0.25, 0.3) is 5.69 Å². The van der Waals surface area contributed by atoms with E-state index in [1.807, 2.05) is 18.7 Å². The number of aryl methyl sites for hydroxylation is 1. The molecule has 0 aliphatic carbocycles. The van der Waals surface area contributed by atoms with Gasteiger partial charge in [0.05, 0.1) is 4.92 Å². The maximum Gasteiger partial charge on any atom is 0.271 e. The van der Waals surface area contributed by atoms with E-state index in [-0.39, 0.29) is 10.6 Å². The Morgan fingerprint density at radius 1 is 1.42 bits per heavy atom. The predicted octanol–water partition coefficient (Wildman–Crippen LogP) is 2.36. The zero-order valence-electron chi connectivity index (χ0n) is 11.1. The highest BCUT2D eigenvalue weighted by atomic mass is 32.2. The summed E-state index contributed by atoms with van der Waals surface area (Å²) in [6.07, 6.45) is 0. The Labute approximate surface area is 117 Å². The lowest BCUT2D eigenvalue weighted by Gasteiger charge is -2.26. The first kappa shape index (κ1) is 14.1. The molecule has 1 N–H and O–H groups in total. The van der Waals surface area contributed by atoms with Crippen LogP contribution in [0.5, 0.6) is 0 Å². The van der Waals surface area contributed by atoms with Gasteiger partial charge in [-0.15, -0.1) is 0 Å². The van der Waals surface area contributed by atoms with Crippen LogP contribution in [0.4, 0.5) is 11.4 Å². The standard InChI is InChI=1S/C13H19N3O2S/c1-11-2-3-12(16(17)18)10-13(11)14-4-5-15-6-8-19-9-7-15/h2-3,10,14H,4-9H2,1H3. The molecule has 19 heavy (non-hydrogen) atoms. The summed E-state index contributed by atoms with van der Waals surface area (Å²) in [5.74, 6) is 2.41. The Morgan fingerprint density at radius 3 is 2.84 bits per heavy atom. The van der Waals surface area contributed by atoms with Gasteiger partial charge < -0.3 is 5.32 Å². The van der Waals surface area contributed by atoms with Crippen molar-refractivity contribution in [3.05, 3.63) is 33.9 Å². The van der Waals surface area contributed by atoms with Crippen molar-refractivity contribution in [2.24, 2.45) is 0 Å². The molecule has 0 bridgehead atoms. The van der Waals surface area contributed by atoms with Gasteiger partial charge in [0.1, 0.15) is 0 Å². The Balaban J connectivity index is 1.87. The maximum atomic E-state index is 10.8. The van der Waals surface area contributed by atoms with Crippen molar-refractivity contribution >= 4 is 23.1 Å². The number of nitrogens with one attached hydrogen (secondary N) is 1. The molecule has 1 aromatic carbocycles. The van der Waals surface area contributed by atoms with Crippen molar-refractivity contribution in [3.8, 4) is 0 Å². The van der Waals surface area contributed by atoms with Gasteiger partial charge >= 0.3 is 0 Å². The largest absolute Gasteiger partial charge is 0.383 e. The third kappa shape index (κ3) is 4.11. The Hall–Kier alpha value is -1.27. The van der Waals surface area contributed by atoms with Gasteiger partial charge in [-0.2, -0.15) is 11.8 Å². The lowest BCUT2D eigenvalue weighted by atomic mass is 10.2. The number of hydrogen-bond donors (Lipinski definition) is 1. The number of nitro groups is 1. The van der Waals surface area contributed by atoms with E-state index in [0.717, 1.165) is 37.4 Å².